The Labute approximate surface area is 174 Å². The van der Waals surface area contributed by atoms with Crippen molar-refractivity contribution >= 4 is 29.2 Å². The monoisotopic (exact) mass is 414 g/mol. The Bertz CT molecular complexity index is 969. The van der Waals surface area contributed by atoms with Gasteiger partial charge in [0.15, 0.2) is 5.41 Å². The number of nitrogens with one attached hydrogen (secondary N) is 1. The molecule has 3 aliphatic heterocycles. The van der Waals surface area contributed by atoms with Gasteiger partial charge in [-0.05, 0) is 51.2 Å². The molecular formula is C21H26N4O5. The molecule has 0 unspecified atom stereocenters. The summed E-state index contributed by atoms with van der Waals surface area (Å²) < 4.78 is 0. The highest BCUT2D eigenvalue weighted by molar-refractivity contribution is 6.20. The lowest BCUT2D eigenvalue weighted by Gasteiger charge is -2.55. The second kappa shape index (κ2) is 6.52. The molecule has 1 aromatic carbocycles. The van der Waals surface area contributed by atoms with E-state index < -0.39 is 39.8 Å². The van der Waals surface area contributed by atoms with Gasteiger partial charge in [0.25, 0.3) is 5.69 Å². The van der Waals surface area contributed by atoms with E-state index in [1.54, 1.807) is 26.8 Å². The van der Waals surface area contributed by atoms with E-state index in [0.29, 0.717) is 24.4 Å². The van der Waals surface area contributed by atoms with Crippen molar-refractivity contribution in [3.63, 3.8) is 0 Å². The lowest BCUT2D eigenvalue weighted by Crippen LogP contribution is -2.75. The number of amides is 4. The minimum absolute atomic E-state index is 0.0302. The van der Waals surface area contributed by atoms with Crippen molar-refractivity contribution in [3.8, 4) is 0 Å². The summed E-state index contributed by atoms with van der Waals surface area (Å²) in [5, 5.41) is 13.7. The van der Waals surface area contributed by atoms with Crippen LogP contribution >= 0.6 is 0 Å². The molecule has 30 heavy (non-hydrogen) atoms. The van der Waals surface area contributed by atoms with Crippen LogP contribution in [-0.4, -0.2) is 45.8 Å². The number of nitro groups is 1. The molecule has 2 fully saturated rings. The highest BCUT2D eigenvalue weighted by atomic mass is 16.6. The number of hydrogen-bond donors (Lipinski definition) is 1. The largest absolute Gasteiger partial charge is 0.367 e. The number of carbonyl (C=O) groups is 3. The van der Waals surface area contributed by atoms with E-state index >= 15 is 0 Å². The van der Waals surface area contributed by atoms with E-state index in [-0.39, 0.29) is 12.1 Å². The number of benzene rings is 1. The van der Waals surface area contributed by atoms with E-state index in [9.17, 15) is 24.5 Å². The summed E-state index contributed by atoms with van der Waals surface area (Å²) in [5.41, 5.74) is -0.995. The number of fused-ring (bicyclic) bond motifs is 4. The number of barbiturate groups is 1. The molecule has 0 aromatic heterocycles. The maximum absolute atomic E-state index is 13.8. The highest BCUT2D eigenvalue weighted by Crippen LogP contribution is 2.49. The lowest BCUT2D eigenvalue weighted by atomic mass is 9.64. The number of rotatable bonds is 1. The molecule has 9 nitrogen and oxygen atoms in total. The molecule has 2 saturated heterocycles. The molecule has 3 aliphatic rings. The Hall–Kier alpha value is -2.97. The Morgan fingerprint density at radius 2 is 1.93 bits per heavy atom. The minimum atomic E-state index is -1.50. The molecule has 0 bridgehead atoms. The number of urea groups is 1. The standard InChI is InChI=1S/C21H26N4O5/c1-12-7-8-23-15-6-5-14(25(29)30)10-13(15)11-21(16(23)9-12)17(26)22-19(28)24(18(21)27)20(2,3)4/h5-6,10,12,16H,7-9,11H2,1-4H3,(H,22,26,28)/t12-,16-,21+/m1/s1. The van der Waals surface area contributed by atoms with E-state index in [2.05, 4.69) is 12.2 Å². The van der Waals surface area contributed by atoms with Gasteiger partial charge in [0.2, 0.25) is 11.8 Å². The third kappa shape index (κ3) is 2.79. The van der Waals surface area contributed by atoms with Gasteiger partial charge in [-0.1, -0.05) is 6.92 Å². The van der Waals surface area contributed by atoms with E-state index in [1.807, 2.05) is 4.90 Å². The van der Waals surface area contributed by atoms with Crippen LogP contribution < -0.4 is 10.2 Å². The van der Waals surface area contributed by atoms with Crippen LogP contribution in [0.2, 0.25) is 0 Å². The molecule has 4 rings (SSSR count). The molecule has 160 valence electrons. The van der Waals surface area contributed by atoms with Crippen molar-refractivity contribution in [2.24, 2.45) is 11.3 Å². The third-order valence-electron chi connectivity index (χ3n) is 6.57. The van der Waals surface area contributed by atoms with Gasteiger partial charge in [0, 0.05) is 36.3 Å². The van der Waals surface area contributed by atoms with E-state index in [4.69, 9.17) is 0 Å². The number of piperidine rings is 1. The number of hydrogen-bond acceptors (Lipinski definition) is 6. The summed E-state index contributed by atoms with van der Waals surface area (Å²) in [6, 6.07) is 3.48. The summed E-state index contributed by atoms with van der Waals surface area (Å²) in [6.45, 7) is 7.97. The molecule has 1 aromatic rings. The minimum Gasteiger partial charge on any atom is -0.367 e. The van der Waals surface area contributed by atoms with Crippen molar-refractivity contribution in [1.29, 1.82) is 0 Å². The van der Waals surface area contributed by atoms with Crippen LogP contribution in [0.4, 0.5) is 16.2 Å². The zero-order valence-corrected chi connectivity index (χ0v) is 17.6. The molecule has 3 atom stereocenters. The van der Waals surface area contributed by atoms with Crippen LogP contribution in [0.3, 0.4) is 0 Å². The Morgan fingerprint density at radius 1 is 1.23 bits per heavy atom. The van der Waals surface area contributed by atoms with Crippen LogP contribution in [0.15, 0.2) is 18.2 Å². The summed E-state index contributed by atoms with van der Waals surface area (Å²) in [4.78, 5) is 53.7. The SMILES string of the molecule is C[C@@H]1CCN2c3ccc([N+](=O)[O-])cc3C[C@@]3(C(=O)NC(=O)N(C(C)(C)C)C3=O)[C@H]2C1. The summed E-state index contributed by atoms with van der Waals surface area (Å²) in [6.07, 6.45) is 1.55. The average Bonchev–Trinajstić information content (AvgIpc) is 2.64. The van der Waals surface area contributed by atoms with Crippen molar-refractivity contribution in [3.05, 3.63) is 33.9 Å². The van der Waals surface area contributed by atoms with Crippen LogP contribution in [0.5, 0.6) is 0 Å². The maximum atomic E-state index is 13.8. The first-order valence-corrected chi connectivity index (χ1v) is 10.2. The van der Waals surface area contributed by atoms with Crippen LogP contribution in [0, 0.1) is 21.4 Å². The summed E-state index contributed by atoms with van der Waals surface area (Å²) >= 11 is 0. The van der Waals surface area contributed by atoms with E-state index in [1.165, 1.54) is 12.1 Å². The number of nitrogens with zero attached hydrogens (tertiary/aromatic N) is 3. The smallest absolute Gasteiger partial charge is 0.331 e. The third-order valence-corrected chi connectivity index (χ3v) is 6.57. The first-order chi connectivity index (χ1) is 14.0. The lowest BCUT2D eigenvalue weighted by molar-refractivity contribution is -0.384. The van der Waals surface area contributed by atoms with Gasteiger partial charge in [0.1, 0.15) is 0 Å². The van der Waals surface area contributed by atoms with Crippen molar-refractivity contribution in [2.75, 3.05) is 11.4 Å². The number of nitro benzene ring substituents is 1. The molecule has 1 N–H and O–H groups in total. The predicted molar refractivity (Wildman–Crippen MR) is 109 cm³/mol. The Morgan fingerprint density at radius 3 is 2.57 bits per heavy atom. The quantitative estimate of drug-likeness (QED) is 0.429. The van der Waals surface area contributed by atoms with Crippen LogP contribution in [0.25, 0.3) is 0 Å². The first kappa shape index (κ1) is 20.3. The summed E-state index contributed by atoms with van der Waals surface area (Å²) in [5.74, 6) is -0.826. The van der Waals surface area contributed by atoms with Gasteiger partial charge in [-0.25, -0.2) is 4.79 Å². The van der Waals surface area contributed by atoms with Crippen molar-refractivity contribution in [1.82, 2.24) is 10.2 Å². The van der Waals surface area contributed by atoms with Crippen LogP contribution in [0.1, 0.15) is 46.1 Å². The average molecular weight is 414 g/mol. The Kier molecular flexibility index (Phi) is 4.41. The zero-order chi connectivity index (χ0) is 22.0. The van der Waals surface area contributed by atoms with Gasteiger partial charge in [-0.15, -0.1) is 0 Å². The normalized spacial score (nSPS) is 28.9. The number of non-ortho nitro benzene ring substituents is 1. The van der Waals surface area contributed by atoms with Gasteiger partial charge < -0.3 is 4.90 Å². The summed E-state index contributed by atoms with van der Waals surface area (Å²) in [7, 11) is 0. The van der Waals surface area contributed by atoms with Gasteiger partial charge in [-0.3, -0.25) is 29.9 Å². The number of imide groups is 2. The first-order valence-electron chi connectivity index (χ1n) is 10.2. The molecule has 3 heterocycles. The molecule has 9 heteroatoms. The molecule has 4 amide bonds. The zero-order valence-electron chi connectivity index (χ0n) is 17.6. The second-order valence-electron chi connectivity index (χ2n) is 9.63. The van der Waals surface area contributed by atoms with Gasteiger partial charge in [-0.2, -0.15) is 0 Å². The molecule has 0 aliphatic carbocycles. The van der Waals surface area contributed by atoms with Gasteiger partial charge >= 0.3 is 6.03 Å². The fraction of sp³-hybridized carbons (Fsp3) is 0.571. The predicted octanol–water partition coefficient (Wildman–Crippen LogP) is 2.62. The van der Waals surface area contributed by atoms with Crippen molar-refractivity contribution < 1.29 is 19.3 Å². The second-order valence-corrected chi connectivity index (χ2v) is 9.63. The molecular weight excluding hydrogens is 388 g/mol. The topological polar surface area (TPSA) is 113 Å². The van der Waals surface area contributed by atoms with E-state index in [0.717, 1.165) is 17.0 Å². The van der Waals surface area contributed by atoms with Gasteiger partial charge in [0.05, 0.1) is 11.0 Å². The van der Waals surface area contributed by atoms with Crippen LogP contribution in [-0.2, 0) is 16.0 Å². The maximum Gasteiger partial charge on any atom is 0.331 e. The molecule has 0 radical (unpaired) electrons. The number of anilines is 1. The molecule has 0 saturated carbocycles. The van der Waals surface area contributed by atoms with Crippen molar-refractivity contribution in [2.45, 2.75) is 58.5 Å². The fourth-order valence-electron chi connectivity index (χ4n) is 5.13. The fourth-order valence-corrected chi connectivity index (χ4v) is 5.13. The molecule has 1 spiro atoms. The Balaban J connectivity index is 1.91. The highest BCUT2D eigenvalue weighted by Gasteiger charge is 2.63. The number of carbonyl (C=O) groups excluding carboxylic acids is 3.